The zero-order valence-corrected chi connectivity index (χ0v) is 14.3. The molecule has 2 aromatic carbocycles. The van der Waals surface area contributed by atoms with E-state index in [1.165, 1.54) is 28.4 Å². The molecule has 24 heavy (non-hydrogen) atoms. The first kappa shape index (κ1) is 17.6. The SMILES string of the molecule is COc1ccc(CCc2ccc(OC)c(O)c2OC)c(OC)c1O. The van der Waals surface area contributed by atoms with Crippen LogP contribution in [0.25, 0.3) is 0 Å². The summed E-state index contributed by atoms with van der Waals surface area (Å²) in [6, 6.07) is 7.06. The Morgan fingerprint density at radius 2 is 1.00 bits per heavy atom. The number of aryl methyl sites for hydroxylation is 2. The summed E-state index contributed by atoms with van der Waals surface area (Å²) in [5.74, 6) is 1.42. The average molecular weight is 334 g/mol. The molecule has 0 amide bonds. The first-order valence-electron chi connectivity index (χ1n) is 7.43. The Kier molecular flexibility index (Phi) is 5.63. The summed E-state index contributed by atoms with van der Waals surface area (Å²) in [6.45, 7) is 0. The van der Waals surface area contributed by atoms with Crippen LogP contribution in [0, 0.1) is 0 Å². The second kappa shape index (κ2) is 7.68. The molecule has 0 fully saturated rings. The van der Waals surface area contributed by atoms with E-state index in [-0.39, 0.29) is 11.5 Å². The molecule has 130 valence electrons. The predicted octanol–water partition coefficient (Wildman–Crippen LogP) is 2.92. The fourth-order valence-electron chi connectivity index (χ4n) is 2.64. The lowest BCUT2D eigenvalue weighted by molar-refractivity contribution is 0.335. The number of ether oxygens (including phenoxy) is 4. The number of methoxy groups -OCH3 is 4. The molecule has 0 aliphatic rings. The lowest BCUT2D eigenvalue weighted by Crippen LogP contribution is -2.00. The number of phenols is 2. The number of rotatable bonds is 7. The van der Waals surface area contributed by atoms with Gasteiger partial charge in [-0.1, -0.05) is 12.1 Å². The Labute approximate surface area is 141 Å². The molecule has 0 heterocycles. The number of aromatic hydroxyl groups is 2. The summed E-state index contributed by atoms with van der Waals surface area (Å²) in [5, 5.41) is 20.3. The molecule has 0 saturated heterocycles. The third-order valence-corrected chi connectivity index (χ3v) is 3.86. The van der Waals surface area contributed by atoms with Crippen LogP contribution in [0.4, 0.5) is 0 Å². The molecule has 0 aromatic heterocycles. The minimum atomic E-state index is -0.0259. The summed E-state index contributed by atoms with van der Waals surface area (Å²) >= 11 is 0. The minimum Gasteiger partial charge on any atom is -0.502 e. The summed E-state index contributed by atoms with van der Waals surface area (Å²) in [5.41, 5.74) is 1.65. The van der Waals surface area contributed by atoms with Gasteiger partial charge >= 0.3 is 0 Å². The van der Waals surface area contributed by atoms with E-state index in [0.717, 1.165) is 11.1 Å². The maximum atomic E-state index is 10.1. The van der Waals surface area contributed by atoms with E-state index in [1.807, 2.05) is 12.1 Å². The third-order valence-electron chi connectivity index (χ3n) is 3.86. The molecule has 0 atom stereocenters. The minimum absolute atomic E-state index is 0.0259. The summed E-state index contributed by atoms with van der Waals surface area (Å²) < 4.78 is 20.8. The summed E-state index contributed by atoms with van der Waals surface area (Å²) in [4.78, 5) is 0. The first-order valence-corrected chi connectivity index (χ1v) is 7.43. The largest absolute Gasteiger partial charge is 0.502 e. The van der Waals surface area contributed by atoms with Gasteiger partial charge in [0.05, 0.1) is 28.4 Å². The van der Waals surface area contributed by atoms with Crippen molar-refractivity contribution in [2.75, 3.05) is 28.4 Å². The maximum Gasteiger partial charge on any atom is 0.201 e. The van der Waals surface area contributed by atoms with Crippen LogP contribution in [-0.2, 0) is 12.8 Å². The molecule has 0 bridgehead atoms. The van der Waals surface area contributed by atoms with Crippen molar-refractivity contribution in [2.45, 2.75) is 12.8 Å². The van der Waals surface area contributed by atoms with E-state index < -0.39 is 0 Å². The van der Waals surface area contributed by atoms with Gasteiger partial charge in [-0.15, -0.1) is 0 Å². The van der Waals surface area contributed by atoms with Crippen LogP contribution in [-0.4, -0.2) is 38.7 Å². The molecule has 0 aliphatic carbocycles. The van der Waals surface area contributed by atoms with Crippen LogP contribution in [0.3, 0.4) is 0 Å². The Hall–Kier alpha value is -2.76. The zero-order chi connectivity index (χ0) is 17.7. The highest BCUT2D eigenvalue weighted by atomic mass is 16.5. The molecule has 2 aromatic rings. The Morgan fingerprint density at radius 1 is 0.625 bits per heavy atom. The van der Waals surface area contributed by atoms with Gasteiger partial charge in [0, 0.05) is 0 Å². The number of hydrogen-bond donors (Lipinski definition) is 2. The van der Waals surface area contributed by atoms with Crippen LogP contribution in [0.2, 0.25) is 0 Å². The van der Waals surface area contributed by atoms with Crippen LogP contribution in [0.5, 0.6) is 34.5 Å². The highest BCUT2D eigenvalue weighted by Gasteiger charge is 2.17. The maximum absolute atomic E-state index is 10.1. The zero-order valence-electron chi connectivity index (χ0n) is 14.3. The molecule has 2 rings (SSSR count). The molecule has 0 radical (unpaired) electrons. The first-order chi connectivity index (χ1) is 11.6. The lowest BCUT2D eigenvalue weighted by atomic mass is 10.0. The van der Waals surface area contributed by atoms with Crippen LogP contribution in [0.1, 0.15) is 11.1 Å². The van der Waals surface area contributed by atoms with Crippen LogP contribution < -0.4 is 18.9 Å². The molecule has 6 nitrogen and oxygen atoms in total. The lowest BCUT2D eigenvalue weighted by Gasteiger charge is -2.15. The fraction of sp³-hybridized carbons (Fsp3) is 0.333. The van der Waals surface area contributed by atoms with Crippen LogP contribution in [0.15, 0.2) is 24.3 Å². The van der Waals surface area contributed by atoms with E-state index >= 15 is 0 Å². The van der Waals surface area contributed by atoms with Gasteiger partial charge in [-0.25, -0.2) is 0 Å². The highest BCUT2D eigenvalue weighted by molar-refractivity contribution is 5.57. The Bertz CT molecular complexity index is 650. The molecule has 0 spiro atoms. The van der Waals surface area contributed by atoms with Crippen molar-refractivity contribution in [1.29, 1.82) is 0 Å². The van der Waals surface area contributed by atoms with Crippen molar-refractivity contribution in [3.8, 4) is 34.5 Å². The van der Waals surface area contributed by atoms with E-state index in [9.17, 15) is 10.2 Å². The molecular formula is C18H22O6. The number of hydrogen-bond acceptors (Lipinski definition) is 6. The van der Waals surface area contributed by atoms with Crippen LogP contribution >= 0.6 is 0 Å². The Morgan fingerprint density at radius 3 is 1.29 bits per heavy atom. The number of benzene rings is 2. The molecule has 0 unspecified atom stereocenters. The van der Waals surface area contributed by atoms with Crippen molar-refractivity contribution >= 4 is 0 Å². The van der Waals surface area contributed by atoms with Crippen molar-refractivity contribution in [2.24, 2.45) is 0 Å². The van der Waals surface area contributed by atoms with E-state index in [4.69, 9.17) is 18.9 Å². The van der Waals surface area contributed by atoms with E-state index in [2.05, 4.69) is 0 Å². The normalized spacial score (nSPS) is 10.3. The molecule has 0 aliphatic heterocycles. The Balaban J connectivity index is 2.29. The third kappa shape index (κ3) is 3.27. The van der Waals surface area contributed by atoms with Crippen molar-refractivity contribution in [1.82, 2.24) is 0 Å². The van der Waals surface area contributed by atoms with Crippen molar-refractivity contribution < 1.29 is 29.2 Å². The van der Waals surface area contributed by atoms with Gasteiger partial charge in [-0.3, -0.25) is 0 Å². The molecule has 6 heteroatoms. The van der Waals surface area contributed by atoms with E-state index in [0.29, 0.717) is 35.8 Å². The van der Waals surface area contributed by atoms with E-state index in [1.54, 1.807) is 12.1 Å². The standard InChI is InChI=1S/C18H22O6/c1-21-13-9-7-11(17(23-3)15(13)19)5-6-12-8-10-14(22-2)16(20)18(12)24-4/h7-10,19-20H,5-6H2,1-4H3. The predicted molar refractivity (Wildman–Crippen MR) is 89.8 cm³/mol. The van der Waals surface area contributed by atoms with Gasteiger partial charge in [0.2, 0.25) is 11.5 Å². The second-order valence-electron chi connectivity index (χ2n) is 5.12. The average Bonchev–Trinajstić information content (AvgIpc) is 2.60. The summed E-state index contributed by atoms with van der Waals surface area (Å²) in [7, 11) is 5.97. The summed E-state index contributed by atoms with van der Waals surface area (Å²) in [6.07, 6.45) is 1.17. The topological polar surface area (TPSA) is 77.4 Å². The van der Waals surface area contributed by atoms with Gasteiger partial charge in [-0.05, 0) is 36.1 Å². The molecule has 0 saturated carbocycles. The molecule has 2 N–H and O–H groups in total. The van der Waals surface area contributed by atoms with Crippen molar-refractivity contribution in [3.63, 3.8) is 0 Å². The second-order valence-corrected chi connectivity index (χ2v) is 5.12. The smallest absolute Gasteiger partial charge is 0.201 e. The van der Waals surface area contributed by atoms with Crippen molar-refractivity contribution in [3.05, 3.63) is 35.4 Å². The number of phenolic OH excluding ortho intramolecular Hbond substituents is 2. The van der Waals surface area contributed by atoms with Gasteiger partial charge in [0.25, 0.3) is 0 Å². The van der Waals surface area contributed by atoms with Gasteiger partial charge < -0.3 is 29.2 Å². The van der Waals surface area contributed by atoms with Gasteiger partial charge in [0.1, 0.15) is 0 Å². The quantitative estimate of drug-likeness (QED) is 0.811. The van der Waals surface area contributed by atoms with Gasteiger partial charge in [-0.2, -0.15) is 0 Å². The fourth-order valence-corrected chi connectivity index (χ4v) is 2.64. The van der Waals surface area contributed by atoms with Gasteiger partial charge in [0.15, 0.2) is 23.0 Å². The molecular weight excluding hydrogens is 312 g/mol. The highest BCUT2D eigenvalue weighted by Crippen LogP contribution is 2.41. The monoisotopic (exact) mass is 334 g/mol.